The SMILES string of the molecule is CCOc1ccccc1OCC(=O)c1cc(C)n(C2CC2)c1C. The second-order valence-corrected chi connectivity index (χ2v) is 5.98. The summed E-state index contributed by atoms with van der Waals surface area (Å²) in [6.45, 7) is 6.60. The van der Waals surface area contributed by atoms with Gasteiger partial charge < -0.3 is 14.0 Å². The zero-order chi connectivity index (χ0) is 16.4. The maximum absolute atomic E-state index is 12.5. The predicted molar refractivity (Wildman–Crippen MR) is 89.6 cm³/mol. The maximum atomic E-state index is 12.5. The number of aromatic nitrogens is 1. The van der Waals surface area contributed by atoms with Crippen LogP contribution in [0.2, 0.25) is 0 Å². The fourth-order valence-electron chi connectivity index (χ4n) is 3.02. The van der Waals surface area contributed by atoms with E-state index in [0.717, 1.165) is 17.0 Å². The molecule has 0 saturated heterocycles. The third-order valence-corrected chi connectivity index (χ3v) is 4.20. The number of ether oxygens (including phenoxy) is 2. The van der Waals surface area contributed by atoms with Crippen molar-refractivity contribution in [3.05, 3.63) is 47.3 Å². The molecule has 0 bridgehead atoms. The molecule has 1 fully saturated rings. The van der Waals surface area contributed by atoms with Crippen LogP contribution in [-0.2, 0) is 0 Å². The molecule has 0 radical (unpaired) electrons. The van der Waals surface area contributed by atoms with Crippen LogP contribution in [0.15, 0.2) is 30.3 Å². The fourth-order valence-corrected chi connectivity index (χ4v) is 3.02. The highest BCUT2D eigenvalue weighted by Crippen LogP contribution is 2.38. The molecule has 0 unspecified atom stereocenters. The molecule has 2 aromatic rings. The van der Waals surface area contributed by atoms with Crippen LogP contribution < -0.4 is 9.47 Å². The predicted octanol–water partition coefficient (Wildman–Crippen LogP) is 4.10. The molecular formula is C19H23NO3. The zero-order valence-electron chi connectivity index (χ0n) is 14.0. The van der Waals surface area contributed by atoms with E-state index in [1.807, 2.05) is 44.2 Å². The van der Waals surface area contributed by atoms with Gasteiger partial charge in [0.2, 0.25) is 5.78 Å². The molecule has 0 N–H and O–H groups in total. The molecular weight excluding hydrogens is 290 g/mol. The molecule has 1 heterocycles. The van der Waals surface area contributed by atoms with Crippen LogP contribution in [0.1, 0.15) is 47.6 Å². The molecule has 4 heteroatoms. The van der Waals surface area contributed by atoms with Gasteiger partial charge in [-0.3, -0.25) is 4.79 Å². The van der Waals surface area contributed by atoms with E-state index in [1.54, 1.807) is 0 Å². The summed E-state index contributed by atoms with van der Waals surface area (Å²) in [6, 6.07) is 10.0. The summed E-state index contributed by atoms with van der Waals surface area (Å²) < 4.78 is 13.5. The molecule has 122 valence electrons. The van der Waals surface area contributed by atoms with Crippen molar-refractivity contribution in [2.24, 2.45) is 0 Å². The highest BCUT2D eigenvalue weighted by molar-refractivity contribution is 5.98. The van der Waals surface area contributed by atoms with Gasteiger partial charge in [-0.25, -0.2) is 0 Å². The molecule has 0 amide bonds. The highest BCUT2D eigenvalue weighted by atomic mass is 16.5. The summed E-state index contributed by atoms with van der Waals surface area (Å²) in [4.78, 5) is 12.5. The van der Waals surface area contributed by atoms with Crippen molar-refractivity contribution >= 4 is 5.78 Å². The summed E-state index contributed by atoms with van der Waals surface area (Å²) in [7, 11) is 0. The van der Waals surface area contributed by atoms with Crippen molar-refractivity contribution in [3.63, 3.8) is 0 Å². The first-order valence-corrected chi connectivity index (χ1v) is 8.18. The van der Waals surface area contributed by atoms with Gasteiger partial charge in [-0.2, -0.15) is 0 Å². The third kappa shape index (κ3) is 3.26. The Bertz CT molecular complexity index is 713. The number of carbonyl (C=O) groups is 1. The van der Waals surface area contributed by atoms with Crippen molar-refractivity contribution in [2.75, 3.05) is 13.2 Å². The molecule has 1 aliphatic rings. The summed E-state index contributed by atoms with van der Waals surface area (Å²) in [5, 5.41) is 0. The number of aryl methyl sites for hydroxylation is 1. The van der Waals surface area contributed by atoms with E-state index in [1.165, 1.54) is 12.8 Å². The van der Waals surface area contributed by atoms with E-state index in [9.17, 15) is 4.79 Å². The van der Waals surface area contributed by atoms with E-state index in [0.29, 0.717) is 24.1 Å². The first-order valence-electron chi connectivity index (χ1n) is 8.18. The Morgan fingerprint density at radius 2 is 1.83 bits per heavy atom. The van der Waals surface area contributed by atoms with E-state index >= 15 is 0 Å². The number of ketones is 1. The van der Waals surface area contributed by atoms with E-state index in [2.05, 4.69) is 11.5 Å². The van der Waals surface area contributed by atoms with Crippen molar-refractivity contribution < 1.29 is 14.3 Å². The topological polar surface area (TPSA) is 40.5 Å². The minimum Gasteiger partial charge on any atom is -0.490 e. The molecule has 4 nitrogen and oxygen atoms in total. The molecule has 0 spiro atoms. The van der Waals surface area contributed by atoms with Gasteiger partial charge in [0.1, 0.15) is 0 Å². The van der Waals surface area contributed by atoms with Crippen LogP contribution in [0, 0.1) is 13.8 Å². The molecule has 1 saturated carbocycles. The average molecular weight is 313 g/mol. The maximum Gasteiger partial charge on any atom is 0.202 e. The molecule has 1 aliphatic carbocycles. The van der Waals surface area contributed by atoms with Crippen LogP contribution in [-0.4, -0.2) is 23.6 Å². The second kappa shape index (κ2) is 6.49. The molecule has 3 rings (SSSR count). The minimum atomic E-state index is 0.0105. The van der Waals surface area contributed by atoms with E-state index < -0.39 is 0 Å². The Kier molecular flexibility index (Phi) is 4.42. The first kappa shape index (κ1) is 15.7. The molecule has 1 aromatic heterocycles. The normalized spacial score (nSPS) is 13.9. The number of carbonyl (C=O) groups excluding carboxylic acids is 1. The Balaban J connectivity index is 1.72. The standard InChI is InChI=1S/C19H23NO3/c1-4-22-18-7-5-6-8-19(18)23-12-17(21)16-11-13(2)20(14(16)3)15-9-10-15/h5-8,11,15H,4,9-10,12H2,1-3H3. The lowest BCUT2D eigenvalue weighted by molar-refractivity contribution is 0.0918. The van der Waals surface area contributed by atoms with Crippen molar-refractivity contribution in [1.82, 2.24) is 4.57 Å². The van der Waals surface area contributed by atoms with Gasteiger partial charge in [-0.1, -0.05) is 12.1 Å². The van der Waals surface area contributed by atoms with Gasteiger partial charge in [0.25, 0.3) is 0 Å². The monoisotopic (exact) mass is 313 g/mol. The van der Waals surface area contributed by atoms with Crippen molar-refractivity contribution in [2.45, 2.75) is 39.7 Å². The van der Waals surface area contributed by atoms with Gasteiger partial charge in [-0.05, 0) is 51.8 Å². The van der Waals surface area contributed by atoms with Crippen LogP contribution in [0.25, 0.3) is 0 Å². The number of para-hydroxylation sites is 2. The van der Waals surface area contributed by atoms with Crippen LogP contribution in [0.4, 0.5) is 0 Å². The van der Waals surface area contributed by atoms with Gasteiger partial charge in [0, 0.05) is 23.0 Å². The summed E-state index contributed by atoms with van der Waals surface area (Å²) in [5.41, 5.74) is 2.98. The van der Waals surface area contributed by atoms with Gasteiger partial charge in [-0.15, -0.1) is 0 Å². The van der Waals surface area contributed by atoms with Gasteiger partial charge in [0.15, 0.2) is 18.1 Å². The lowest BCUT2D eigenvalue weighted by Crippen LogP contribution is -2.13. The van der Waals surface area contributed by atoms with Gasteiger partial charge >= 0.3 is 0 Å². The lowest BCUT2D eigenvalue weighted by Gasteiger charge is -2.11. The molecule has 0 atom stereocenters. The molecule has 1 aromatic carbocycles. The van der Waals surface area contributed by atoms with Crippen LogP contribution >= 0.6 is 0 Å². The Hall–Kier alpha value is -2.23. The minimum absolute atomic E-state index is 0.0105. The molecule has 0 aliphatic heterocycles. The average Bonchev–Trinajstić information content (AvgIpc) is 3.32. The first-order chi connectivity index (χ1) is 11.1. The number of hydrogen-bond acceptors (Lipinski definition) is 3. The van der Waals surface area contributed by atoms with Crippen molar-refractivity contribution in [1.29, 1.82) is 0 Å². The highest BCUT2D eigenvalue weighted by Gasteiger charge is 2.28. The Morgan fingerprint density at radius 3 is 2.43 bits per heavy atom. The smallest absolute Gasteiger partial charge is 0.202 e. The lowest BCUT2D eigenvalue weighted by atomic mass is 10.1. The van der Waals surface area contributed by atoms with Crippen molar-refractivity contribution in [3.8, 4) is 11.5 Å². The number of nitrogens with zero attached hydrogens (tertiary/aromatic N) is 1. The van der Waals surface area contributed by atoms with E-state index in [-0.39, 0.29) is 12.4 Å². The van der Waals surface area contributed by atoms with E-state index in [4.69, 9.17) is 9.47 Å². The summed E-state index contributed by atoms with van der Waals surface area (Å²) >= 11 is 0. The molecule has 23 heavy (non-hydrogen) atoms. The van der Waals surface area contributed by atoms with Crippen LogP contribution in [0.3, 0.4) is 0 Å². The number of hydrogen-bond donors (Lipinski definition) is 0. The zero-order valence-corrected chi connectivity index (χ0v) is 14.0. The number of Topliss-reactive ketones (excluding diaryl/α,β-unsaturated/α-hetero) is 1. The van der Waals surface area contributed by atoms with Gasteiger partial charge in [0.05, 0.1) is 6.61 Å². The Labute approximate surface area is 137 Å². The number of rotatable bonds is 7. The summed E-state index contributed by atoms with van der Waals surface area (Å²) in [6.07, 6.45) is 2.42. The third-order valence-electron chi connectivity index (χ3n) is 4.20. The second-order valence-electron chi connectivity index (χ2n) is 5.98. The fraction of sp³-hybridized carbons (Fsp3) is 0.421. The number of benzene rings is 1. The largest absolute Gasteiger partial charge is 0.490 e. The quantitative estimate of drug-likeness (QED) is 0.723. The summed E-state index contributed by atoms with van der Waals surface area (Å²) in [5.74, 6) is 1.29. The Morgan fingerprint density at radius 1 is 1.17 bits per heavy atom. The van der Waals surface area contributed by atoms with Crippen LogP contribution in [0.5, 0.6) is 11.5 Å².